The van der Waals surface area contributed by atoms with Crippen LogP contribution in [0.5, 0.6) is 0 Å². The number of carbonyl (C=O) groups is 3. The zero-order valence-electron chi connectivity index (χ0n) is 44.7. The minimum absolute atomic E-state index is 0.138. The maximum absolute atomic E-state index is 12.9. The molecular weight excluding hydrogens is 904 g/mol. The van der Waals surface area contributed by atoms with Crippen LogP contribution in [0.3, 0.4) is 0 Å². The van der Waals surface area contributed by atoms with Gasteiger partial charge < -0.3 is 24.2 Å². The van der Waals surface area contributed by atoms with Gasteiger partial charge in [-0.2, -0.15) is 0 Å². The van der Waals surface area contributed by atoms with Crippen molar-refractivity contribution in [3.8, 4) is 0 Å². The topological polar surface area (TPSA) is 155 Å². The van der Waals surface area contributed by atoms with Crippen molar-refractivity contribution < 1.29 is 52.2 Å². The van der Waals surface area contributed by atoms with Crippen molar-refractivity contribution in [2.45, 2.75) is 264 Å². The smallest absolute Gasteiger partial charge is 0.462 e. The molecule has 406 valence electrons. The molecule has 0 saturated heterocycles. The van der Waals surface area contributed by atoms with E-state index in [4.69, 9.17) is 23.3 Å². The Bertz CT molecular complexity index is 1410. The molecule has 2 N–H and O–H groups in total. The van der Waals surface area contributed by atoms with Gasteiger partial charge in [0.15, 0.2) is 6.10 Å². The summed E-state index contributed by atoms with van der Waals surface area (Å²) in [5.41, 5.74) is 0. The minimum atomic E-state index is -4.75. The third kappa shape index (κ3) is 50.1. The monoisotopic (exact) mass is 1010 g/mol. The van der Waals surface area contributed by atoms with Gasteiger partial charge in [0.1, 0.15) is 12.7 Å². The van der Waals surface area contributed by atoms with Gasteiger partial charge in [-0.25, -0.2) is 4.57 Å². The number of ether oxygens (including phenoxy) is 3. The molecule has 0 spiro atoms. The first-order valence-electron chi connectivity index (χ1n) is 28.2. The Balaban J connectivity index is 4.77. The van der Waals surface area contributed by atoms with Gasteiger partial charge in [0.2, 0.25) is 0 Å². The van der Waals surface area contributed by atoms with Crippen LogP contribution < -0.4 is 0 Å². The molecule has 0 amide bonds. The van der Waals surface area contributed by atoms with E-state index in [-0.39, 0.29) is 25.9 Å². The number of aliphatic hydroxyl groups is 1. The molecule has 0 heterocycles. The number of hydrogen-bond donors (Lipinski definition) is 2. The fraction of sp³-hybridized carbons (Fsp3) is 0.776. The lowest BCUT2D eigenvalue weighted by Gasteiger charge is -2.21. The summed E-state index contributed by atoms with van der Waals surface area (Å²) in [6, 6.07) is 0. The van der Waals surface area contributed by atoms with E-state index in [1.54, 1.807) is 0 Å². The summed E-state index contributed by atoms with van der Waals surface area (Å²) >= 11 is 0. The number of aliphatic hydroxyl groups excluding tert-OH is 1. The Morgan fingerprint density at radius 3 is 1.17 bits per heavy atom. The van der Waals surface area contributed by atoms with Crippen LogP contribution in [0.2, 0.25) is 0 Å². The van der Waals surface area contributed by atoms with Crippen LogP contribution in [-0.4, -0.2) is 66.5 Å². The molecule has 0 fully saturated rings. The highest BCUT2D eigenvalue weighted by molar-refractivity contribution is 7.47. The summed E-state index contributed by atoms with van der Waals surface area (Å²) in [7, 11) is -4.75. The quantitative estimate of drug-likeness (QED) is 0.0197. The molecule has 0 aromatic carbocycles. The summed E-state index contributed by atoms with van der Waals surface area (Å²) < 4.78 is 39.4. The molecule has 0 aliphatic rings. The van der Waals surface area contributed by atoms with Gasteiger partial charge in [-0.05, 0) is 83.5 Å². The summed E-state index contributed by atoms with van der Waals surface area (Å²) in [5, 5.41) is 9.80. The van der Waals surface area contributed by atoms with Gasteiger partial charge in [-0.3, -0.25) is 23.4 Å². The predicted octanol–water partition coefficient (Wildman–Crippen LogP) is 16.4. The Morgan fingerprint density at radius 2 is 0.743 bits per heavy atom. The van der Waals surface area contributed by atoms with Crippen molar-refractivity contribution in [2.24, 2.45) is 0 Å². The fourth-order valence-electron chi connectivity index (χ4n) is 7.64. The highest BCUT2D eigenvalue weighted by Crippen LogP contribution is 2.43. The van der Waals surface area contributed by atoms with Crippen LogP contribution >= 0.6 is 7.82 Å². The average Bonchev–Trinajstić information content (AvgIpc) is 3.35. The number of allylic oxidation sites excluding steroid dienone is 10. The third-order valence-electron chi connectivity index (χ3n) is 11.9. The Morgan fingerprint density at radius 1 is 0.414 bits per heavy atom. The van der Waals surface area contributed by atoms with E-state index in [2.05, 4.69) is 81.5 Å². The number of carbonyl (C=O) groups excluding carboxylic acids is 3. The molecule has 12 heteroatoms. The lowest BCUT2D eigenvalue weighted by molar-refractivity contribution is -0.161. The molecule has 0 aromatic rings. The average molecular weight is 1010 g/mol. The van der Waals surface area contributed by atoms with Gasteiger partial charge in [-0.1, -0.05) is 210 Å². The van der Waals surface area contributed by atoms with Crippen LogP contribution in [0.15, 0.2) is 60.8 Å². The number of phosphoric ester groups is 1. The molecular formula is C58H103O11P. The van der Waals surface area contributed by atoms with Crippen LogP contribution in [0.25, 0.3) is 0 Å². The lowest BCUT2D eigenvalue weighted by atomic mass is 10.0. The maximum atomic E-state index is 12.9. The number of rotatable bonds is 52. The zero-order valence-corrected chi connectivity index (χ0v) is 45.6. The highest BCUT2D eigenvalue weighted by atomic mass is 31.2. The molecule has 0 radical (unpaired) electrons. The molecule has 11 nitrogen and oxygen atoms in total. The molecule has 0 bridgehead atoms. The second-order valence-corrected chi connectivity index (χ2v) is 20.2. The minimum Gasteiger partial charge on any atom is -0.462 e. The molecule has 0 saturated carbocycles. The van der Waals surface area contributed by atoms with Gasteiger partial charge in [0.25, 0.3) is 0 Å². The second kappa shape index (κ2) is 52.5. The summed E-state index contributed by atoms with van der Waals surface area (Å²) in [6.07, 6.45) is 56.0. The molecule has 0 aromatic heterocycles. The number of hydrogen-bond acceptors (Lipinski definition) is 10. The third-order valence-corrected chi connectivity index (χ3v) is 12.9. The van der Waals surface area contributed by atoms with Crippen LogP contribution in [0.4, 0.5) is 0 Å². The predicted molar refractivity (Wildman–Crippen MR) is 288 cm³/mol. The fourth-order valence-corrected chi connectivity index (χ4v) is 8.42. The summed E-state index contributed by atoms with van der Waals surface area (Å²) in [4.78, 5) is 48.4. The molecule has 3 unspecified atom stereocenters. The van der Waals surface area contributed by atoms with E-state index in [0.717, 1.165) is 109 Å². The first kappa shape index (κ1) is 67.2. The first-order chi connectivity index (χ1) is 34.2. The molecule has 0 rings (SSSR count). The van der Waals surface area contributed by atoms with Gasteiger partial charge in [0, 0.05) is 19.3 Å². The standard InChI is InChI=1S/C58H103O11P/c1-4-7-10-13-16-19-22-25-26-27-28-31-34-37-40-43-46-49-58(62)69-55(51-65-56(60)47-44-41-38-35-32-29-23-20-17-14-11-8-5-2)53-67-70(63,64)66-52-54(50-59)68-57(61)48-45-42-39-36-33-30-24-21-18-15-12-9-6-3/h7,10,16,19-20,23,25-26,28,31,54-55,59H,4-6,8-9,11-15,17-18,21-22,24,27,29-30,32-53H2,1-3H3,(H,63,64)/b10-7-,19-16-,23-20-,26-25-,31-28-. The van der Waals surface area contributed by atoms with E-state index in [0.29, 0.717) is 19.3 Å². The van der Waals surface area contributed by atoms with E-state index < -0.39 is 57.8 Å². The van der Waals surface area contributed by atoms with Crippen molar-refractivity contribution in [3.63, 3.8) is 0 Å². The molecule has 0 aliphatic carbocycles. The highest BCUT2D eigenvalue weighted by Gasteiger charge is 2.28. The zero-order chi connectivity index (χ0) is 51.3. The van der Waals surface area contributed by atoms with Crippen molar-refractivity contribution in [1.82, 2.24) is 0 Å². The number of unbranched alkanes of at least 4 members (excludes halogenated alkanes) is 25. The Hall–Kier alpha value is -2.82. The maximum Gasteiger partial charge on any atom is 0.472 e. The summed E-state index contributed by atoms with van der Waals surface area (Å²) in [5.74, 6) is -1.50. The lowest BCUT2D eigenvalue weighted by Crippen LogP contribution is -2.30. The van der Waals surface area contributed by atoms with E-state index in [1.165, 1.54) is 83.5 Å². The first-order valence-corrected chi connectivity index (χ1v) is 29.7. The SMILES string of the molecule is CC/C=C\C/C=C\C/C=C\C/C=C\CCCCCCC(=O)OC(COC(=O)CCCCCCC/C=C\CCCCCC)COP(=O)(O)OCC(CO)OC(=O)CCCCCCCCCCCCCCC. The normalized spacial score (nSPS) is 13.8. The number of phosphoric acid groups is 1. The van der Waals surface area contributed by atoms with Crippen molar-refractivity contribution in [1.29, 1.82) is 0 Å². The Labute approximate surface area is 427 Å². The van der Waals surface area contributed by atoms with Gasteiger partial charge in [0.05, 0.1) is 19.8 Å². The largest absolute Gasteiger partial charge is 0.472 e. The van der Waals surface area contributed by atoms with Crippen molar-refractivity contribution >= 4 is 25.7 Å². The van der Waals surface area contributed by atoms with Gasteiger partial charge in [-0.15, -0.1) is 0 Å². The van der Waals surface area contributed by atoms with Crippen molar-refractivity contribution in [3.05, 3.63) is 60.8 Å². The molecule has 70 heavy (non-hydrogen) atoms. The second-order valence-electron chi connectivity index (χ2n) is 18.7. The summed E-state index contributed by atoms with van der Waals surface area (Å²) in [6.45, 7) is 4.49. The van der Waals surface area contributed by atoms with Crippen LogP contribution in [0, 0.1) is 0 Å². The number of esters is 3. The Kier molecular flexibility index (Phi) is 50.4. The van der Waals surface area contributed by atoms with Crippen LogP contribution in [0.1, 0.15) is 252 Å². The molecule has 3 atom stereocenters. The van der Waals surface area contributed by atoms with E-state index >= 15 is 0 Å². The van der Waals surface area contributed by atoms with Crippen molar-refractivity contribution in [2.75, 3.05) is 26.4 Å². The van der Waals surface area contributed by atoms with E-state index in [9.17, 15) is 28.9 Å². The molecule has 0 aliphatic heterocycles. The van der Waals surface area contributed by atoms with Crippen LogP contribution in [-0.2, 0) is 42.2 Å². The van der Waals surface area contributed by atoms with E-state index in [1.807, 2.05) is 0 Å². The van der Waals surface area contributed by atoms with Gasteiger partial charge >= 0.3 is 25.7 Å².